The number of rotatable bonds is 22. The van der Waals surface area contributed by atoms with Crippen LogP contribution in [0.15, 0.2) is 0 Å². The maximum Gasteiger partial charge on any atom is 0.404 e. The summed E-state index contributed by atoms with van der Waals surface area (Å²) >= 11 is 0. The molecular formula is C25H51NO2. The van der Waals surface area contributed by atoms with Crippen molar-refractivity contribution in [1.29, 1.82) is 0 Å². The smallest absolute Gasteiger partial charge is 0.404 e. The Labute approximate surface area is 176 Å². The molecule has 0 radical (unpaired) electrons. The molecule has 0 bridgehead atoms. The van der Waals surface area contributed by atoms with Crippen LogP contribution in [0.1, 0.15) is 142 Å². The normalized spacial score (nSPS) is 12.2. The van der Waals surface area contributed by atoms with Crippen molar-refractivity contribution >= 4 is 6.09 Å². The van der Waals surface area contributed by atoms with E-state index in [2.05, 4.69) is 13.8 Å². The van der Waals surface area contributed by atoms with E-state index in [1.165, 1.54) is 128 Å². The maximum atomic E-state index is 10.9. The van der Waals surface area contributed by atoms with E-state index in [-0.39, 0.29) is 0 Å². The van der Waals surface area contributed by atoms with E-state index in [1.54, 1.807) is 0 Å². The van der Waals surface area contributed by atoms with Crippen molar-refractivity contribution < 1.29 is 9.53 Å². The lowest BCUT2D eigenvalue weighted by atomic mass is 9.94. The van der Waals surface area contributed by atoms with Gasteiger partial charge in [-0.3, -0.25) is 0 Å². The summed E-state index contributed by atoms with van der Waals surface area (Å²) in [4.78, 5) is 10.9. The third kappa shape index (κ3) is 21.6. The van der Waals surface area contributed by atoms with Crippen LogP contribution < -0.4 is 5.73 Å². The average Bonchev–Trinajstić information content (AvgIpc) is 2.68. The molecule has 0 rings (SSSR count). The zero-order valence-electron chi connectivity index (χ0n) is 19.3. The number of hydrogen-bond donors (Lipinski definition) is 1. The molecule has 0 aromatic carbocycles. The van der Waals surface area contributed by atoms with Gasteiger partial charge in [0.05, 0.1) is 6.61 Å². The van der Waals surface area contributed by atoms with Gasteiger partial charge in [0.15, 0.2) is 0 Å². The van der Waals surface area contributed by atoms with Crippen molar-refractivity contribution in [1.82, 2.24) is 0 Å². The Hall–Kier alpha value is -0.730. The topological polar surface area (TPSA) is 52.3 Å². The van der Waals surface area contributed by atoms with E-state index in [4.69, 9.17) is 10.5 Å². The molecule has 0 aromatic rings. The van der Waals surface area contributed by atoms with Gasteiger partial charge in [-0.2, -0.15) is 0 Å². The van der Waals surface area contributed by atoms with Gasteiger partial charge in [0.2, 0.25) is 0 Å². The lowest BCUT2D eigenvalue weighted by Gasteiger charge is -2.16. The molecule has 0 aliphatic carbocycles. The predicted octanol–water partition coefficient (Wildman–Crippen LogP) is 8.54. The summed E-state index contributed by atoms with van der Waals surface area (Å²) in [6.45, 7) is 5.06. The standard InChI is InChI=1S/C25H51NO2/c1-3-5-7-9-11-13-14-16-18-20-22-24(23-28-25(26)27)21-19-17-15-12-10-8-6-4-2/h24H,3-23H2,1-2H3,(H2,26,27). The van der Waals surface area contributed by atoms with Gasteiger partial charge in [-0.05, 0) is 18.8 Å². The first-order valence-corrected chi connectivity index (χ1v) is 12.6. The van der Waals surface area contributed by atoms with Crippen molar-refractivity contribution in [2.75, 3.05) is 6.61 Å². The number of carbonyl (C=O) groups is 1. The molecule has 168 valence electrons. The van der Waals surface area contributed by atoms with E-state index in [1.807, 2.05) is 0 Å². The zero-order chi connectivity index (χ0) is 20.7. The predicted molar refractivity (Wildman–Crippen MR) is 123 cm³/mol. The molecule has 0 aromatic heterocycles. The third-order valence-corrected chi connectivity index (χ3v) is 5.89. The van der Waals surface area contributed by atoms with Gasteiger partial charge in [-0.25, -0.2) is 4.79 Å². The highest BCUT2D eigenvalue weighted by atomic mass is 16.5. The molecule has 1 unspecified atom stereocenters. The molecule has 0 aliphatic heterocycles. The quantitative estimate of drug-likeness (QED) is 0.186. The van der Waals surface area contributed by atoms with Crippen LogP contribution in [0.5, 0.6) is 0 Å². The largest absolute Gasteiger partial charge is 0.449 e. The summed E-state index contributed by atoms with van der Waals surface area (Å²) < 4.78 is 5.11. The Morgan fingerprint density at radius 1 is 0.607 bits per heavy atom. The zero-order valence-corrected chi connectivity index (χ0v) is 19.3. The molecule has 2 N–H and O–H groups in total. The minimum atomic E-state index is -0.621. The first kappa shape index (κ1) is 27.3. The van der Waals surface area contributed by atoms with Crippen LogP contribution in [0.2, 0.25) is 0 Å². The first-order valence-electron chi connectivity index (χ1n) is 12.6. The first-order chi connectivity index (χ1) is 13.7. The highest BCUT2D eigenvalue weighted by Gasteiger charge is 2.10. The molecule has 0 spiro atoms. The van der Waals surface area contributed by atoms with E-state index >= 15 is 0 Å². The molecule has 1 amide bonds. The van der Waals surface area contributed by atoms with Crippen LogP contribution in [-0.2, 0) is 4.74 Å². The fourth-order valence-corrected chi connectivity index (χ4v) is 4.00. The minimum Gasteiger partial charge on any atom is -0.449 e. The van der Waals surface area contributed by atoms with Crippen molar-refractivity contribution in [3.63, 3.8) is 0 Å². The van der Waals surface area contributed by atoms with Crippen LogP contribution in [0.25, 0.3) is 0 Å². The molecule has 0 saturated carbocycles. The van der Waals surface area contributed by atoms with E-state index < -0.39 is 6.09 Å². The Morgan fingerprint density at radius 3 is 1.25 bits per heavy atom. The van der Waals surface area contributed by atoms with Gasteiger partial charge in [-0.15, -0.1) is 0 Å². The Bertz CT molecular complexity index is 320. The van der Waals surface area contributed by atoms with Gasteiger partial charge in [0, 0.05) is 0 Å². The highest BCUT2D eigenvalue weighted by molar-refractivity contribution is 5.64. The third-order valence-electron chi connectivity index (χ3n) is 5.89. The molecule has 0 saturated heterocycles. The Kier molecular flexibility index (Phi) is 22.0. The summed E-state index contributed by atoms with van der Waals surface area (Å²) in [7, 11) is 0. The number of unbranched alkanes of at least 4 members (excludes halogenated alkanes) is 16. The lowest BCUT2D eigenvalue weighted by molar-refractivity contribution is 0.129. The molecule has 1 atom stereocenters. The number of amides is 1. The molecule has 3 nitrogen and oxygen atoms in total. The van der Waals surface area contributed by atoms with Crippen molar-refractivity contribution in [3.8, 4) is 0 Å². The fourth-order valence-electron chi connectivity index (χ4n) is 4.00. The van der Waals surface area contributed by atoms with Crippen molar-refractivity contribution in [3.05, 3.63) is 0 Å². The van der Waals surface area contributed by atoms with Crippen LogP contribution in [0.4, 0.5) is 4.79 Å². The average molecular weight is 398 g/mol. The molecule has 0 heterocycles. The lowest BCUT2D eigenvalue weighted by Crippen LogP contribution is -2.19. The minimum absolute atomic E-state index is 0.502. The SMILES string of the molecule is CCCCCCCCCCCCC(CCCCCCCCCC)COC(N)=O. The van der Waals surface area contributed by atoms with Crippen LogP contribution in [0.3, 0.4) is 0 Å². The summed E-state index contributed by atoms with van der Waals surface area (Å²) in [5.74, 6) is 0.502. The molecule has 28 heavy (non-hydrogen) atoms. The van der Waals surface area contributed by atoms with Gasteiger partial charge >= 0.3 is 6.09 Å². The van der Waals surface area contributed by atoms with Crippen molar-refractivity contribution in [2.24, 2.45) is 11.7 Å². The van der Waals surface area contributed by atoms with Gasteiger partial charge < -0.3 is 10.5 Å². The highest BCUT2D eigenvalue weighted by Crippen LogP contribution is 2.20. The number of hydrogen-bond acceptors (Lipinski definition) is 2. The fraction of sp³-hybridized carbons (Fsp3) is 0.960. The number of nitrogens with two attached hydrogens (primary N) is 1. The summed E-state index contributed by atoms with van der Waals surface area (Å²) in [5, 5.41) is 0. The monoisotopic (exact) mass is 397 g/mol. The van der Waals surface area contributed by atoms with Crippen LogP contribution in [-0.4, -0.2) is 12.7 Å². The van der Waals surface area contributed by atoms with Crippen molar-refractivity contribution in [2.45, 2.75) is 142 Å². The Balaban J connectivity index is 3.66. The summed E-state index contributed by atoms with van der Waals surface area (Å²) in [5.41, 5.74) is 5.17. The summed E-state index contributed by atoms with van der Waals surface area (Å²) in [6, 6.07) is 0. The van der Waals surface area contributed by atoms with E-state index in [0.717, 1.165) is 0 Å². The maximum absolute atomic E-state index is 10.9. The second-order valence-electron chi connectivity index (χ2n) is 8.73. The molecule has 3 heteroatoms. The number of ether oxygens (including phenoxy) is 1. The number of primary amides is 1. The molecule has 0 aliphatic rings. The van der Waals surface area contributed by atoms with Gasteiger partial charge in [0.25, 0.3) is 0 Å². The molecular weight excluding hydrogens is 346 g/mol. The van der Waals surface area contributed by atoms with E-state index in [0.29, 0.717) is 12.5 Å². The summed E-state index contributed by atoms with van der Waals surface area (Å²) in [6.07, 6.45) is 26.2. The Morgan fingerprint density at radius 2 is 0.929 bits per heavy atom. The van der Waals surface area contributed by atoms with Gasteiger partial charge in [0.1, 0.15) is 0 Å². The van der Waals surface area contributed by atoms with Crippen LogP contribution >= 0.6 is 0 Å². The number of carbonyl (C=O) groups excluding carboxylic acids is 1. The van der Waals surface area contributed by atoms with Crippen LogP contribution in [0, 0.1) is 5.92 Å². The second kappa shape index (κ2) is 22.6. The molecule has 0 fully saturated rings. The van der Waals surface area contributed by atoms with E-state index in [9.17, 15) is 4.79 Å². The second-order valence-corrected chi connectivity index (χ2v) is 8.73. The van der Waals surface area contributed by atoms with Gasteiger partial charge in [-0.1, -0.05) is 129 Å².